The average molecular weight is 241 g/mol. The number of carbonyl (C=O) groups excluding carboxylic acids is 1. The Kier molecular flexibility index (Phi) is 3.34. The maximum Gasteiger partial charge on any atom is 0.410 e. The largest absolute Gasteiger partial charge is 0.444 e. The molecule has 98 valence electrons. The van der Waals surface area contributed by atoms with Crippen molar-refractivity contribution in [1.82, 2.24) is 4.90 Å². The Hall–Kier alpha value is -0.770. The van der Waals surface area contributed by atoms with Crippen LogP contribution in [-0.2, 0) is 4.74 Å². The molecule has 3 fully saturated rings. The Bertz CT molecular complexity index is 298. The molecule has 0 aromatic carbocycles. The second kappa shape index (κ2) is 4.48. The number of carbonyl (C=O) groups is 1. The number of rotatable bonds is 1. The molecule has 0 unspecified atom stereocenters. The summed E-state index contributed by atoms with van der Waals surface area (Å²) in [7, 11) is 0. The zero-order chi connectivity index (χ0) is 12.6. The highest BCUT2D eigenvalue weighted by atomic mass is 16.6. The van der Waals surface area contributed by atoms with Gasteiger partial charge in [-0.3, -0.25) is 0 Å². The molecule has 0 spiro atoms. The van der Waals surface area contributed by atoms with Crippen LogP contribution in [0, 0.1) is 11.8 Å². The zero-order valence-electron chi connectivity index (χ0n) is 11.0. The highest BCUT2D eigenvalue weighted by Gasteiger charge is 2.43. The molecule has 2 bridgehead atoms. The Labute approximate surface area is 103 Å². The van der Waals surface area contributed by atoms with Gasteiger partial charge in [0.15, 0.2) is 0 Å². The standard InChI is InChI=1S/C13H23NO3/c1-13(2,3)17-12(16)14-7-9-4-5-11(14)10(6-9)8-15/h9-11,15H,4-8H2,1-3H3/t9-,10-,11-/m0/s1. The second-order valence-corrected chi connectivity index (χ2v) is 6.32. The van der Waals surface area contributed by atoms with Crippen LogP contribution in [0.15, 0.2) is 0 Å². The number of piperidine rings is 2. The molecule has 1 aliphatic carbocycles. The van der Waals surface area contributed by atoms with Gasteiger partial charge in [0.1, 0.15) is 5.60 Å². The fraction of sp³-hybridized carbons (Fsp3) is 0.923. The summed E-state index contributed by atoms with van der Waals surface area (Å²) in [6.45, 7) is 6.64. The molecule has 2 aliphatic heterocycles. The van der Waals surface area contributed by atoms with Crippen LogP contribution in [-0.4, -0.2) is 40.9 Å². The van der Waals surface area contributed by atoms with E-state index in [9.17, 15) is 9.90 Å². The quantitative estimate of drug-likeness (QED) is 0.764. The lowest BCUT2D eigenvalue weighted by Crippen LogP contribution is -2.57. The molecule has 3 rings (SSSR count). The van der Waals surface area contributed by atoms with Crippen LogP contribution >= 0.6 is 0 Å². The minimum atomic E-state index is -0.442. The van der Waals surface area contributed by atoms with Gasteiger partial charge in [-0.25, -0.2) is 4.79 Å². The smallest absolute Gasteiger partial charge is 0.410 e. The van der Waals surface area contributed by atoms with Gasteiger partial charge in [-0.2, -0.15) is 0 Å². The number of aliphatic hydroxyl groups excluding tert-OH is 1. The molecule has 1 amide bonds. The minimum Gasteiger partial charge on any atom is -0.444 e. The number of amides is 1. The SMILES string of the molecule is CC(C)(C)OC(=O)N1C[C@H]2CC[C@H]1[C@H](CO)C2. The Morgan fingerprint density at radius 3 is 2.65 bits per heavy atom. The highest BCUT2D eigenvalue weighted by molar-refractivity contribution is 5.69. The van der Waals surface area contributed by atoms with Crippen LogP contribution < -0.4 is 0 Å². The van der Waals surface area contributed by atoms with Crippen molar-refractivity contribution in [3.8, 4) is 0 Å². The highest BCUT2D eigenvalue weighted by Crippen LogP contribution is 2.39. The lowest BCUT2D eigenvalue weighted by molar-refractivity contribution is -0.0417. The molecule has 1 N–H and O–H groups in total. The topological polar surface area (TPSA) is 49.8 Å². The summed E-state index contributed by atoms with van der Waals surface area (Å²) in [5, 5.41) is 9.37. The fourth-order valence-corrected chi connectivity index (χ4v) is 3.06. The van der Waals surface area contributed by atoms with Crippen molar-refractivity contribution >= 4 is 6.09 Å². The normalized spacial score (nSPS) is 32.7. The maximum absolute atomic E-state index is 12.1. The first-order chi connectivity index (χ1) is 7.90. The minimum absolute atomic E-state index is 0.180. The van der Waals surface area contributed by atoms with E-state index in [1.54, 1.807) is 0 Å². The van der Waals surface area contributed by atoms with Gasteiger partial charge in [-0.05, 0) is 46.0 Å². The van der Waals surface area contributed by atoms with E-state index in [0.717, 1.165) is 19.4 Å². The molecule has 3 aliphatic rings. The molecule has 4 heteroatoms. The zero-order valence-corrected chi connectivity index (χ0v) is 11.0. The number of hydrogen-bond donors (Lipinski definition) is 1. The van der Waals surface area contributed by atoms with Crippen molar-refractivity contribution in [2.75, 3.05) is 13.2 Å². The van der Waals surface area contributed by atoms with E-state index in [0.29, 0.717) is 5.92 Å². The molecule has 3 atom stereocenters. The number of fused-ring (bicyclic) bond motifs is 3. The van der Waals surface area contributed by atoms with Gasteiger partial charge in [0.25, 0.3) is 0 Å². The number of hydrogen-bond acceptors (Lipinski definition) is 3. The van der Waals surface area contributed by atoms with Crippen LogP contribution in [0.3, 0.4) is 0 Å². The molecule has 17 heavy (non-hydrogen) atoms. The summed E-state index contributed by atoms with van der Waals surface area (Å²) in [5.74, 6) is 0.791. The molecular weight excluding hydrogens is 218 g/mol. The first-order valence-corrected chi connectivity index (χ1v) is 6.51. The van der Waals surface area contributed by atoms with Gasteiger partial charge in [-0.1, -0.05) is 0 Å². The van der Waals surface area contributed by atoms with Crippen LogP contribution in [0.5, 0.6) is 0 Å². The molecule has 0 aromatic rings. The summed E-state index contributed by atoms with van der Waals surface area (Å²) in [5.41, 5.74) is -0.442. The third-order valence-electron chi connectivity index (χ3n) is 3.77. The van der Waals surface area contributed by atoms with E-state index in [2.05, 4.69) is 0 Å². The Balaban J connectivity index is 2.04. The summed E-state index contributed by atoms with van der Waals surface area (Å²) in [6, 6.07) is 0.180. The van der Waals surface area contributed by atoms with Gasteiger partial charge in [0.2, 0.25) is 0 Å². The monoisotopic (exact) mass is 241 g/mol. The predicted molar refractivity (Wildman–Crippen MR) is 64.6 cm³/mol. The molecular formula is C13H23NO3. The summed E-state index contributed by atoms with van der Waals surface area (Å²) >= 11 is 0. The first kappa shape index (κ1) is 12.7. The van der Waals surface area contributed by atoms with E-state index in [1.165, 1.54) is 6.42 Å². The van der Waals surface area contributed by atoms with Crippen LogP contribution in [0.25, 0.3) is 0 Å². The van der Waals surface area contributed by atoms with Crippen molar-refractivity contribution in [3.63, 3.8) is 0 Å². The van der Waals surface area contributed by atoms with Crippen molar-refractivity contribution in [2.45, 2.75) is 51.7 Å². The average Bonchev–Trinajstić information content (AvgIpc) is 2.27. The molecule has 4 nitrogen and oxygen atoms in total. The van der Waals surface area contributed by atoms with Gasteiger partial charge in [0, 0.05) is 25.1 Å². The number of nitrogens with zero attached hydrogens (tertiary/aromatic N) is 1. The third-order valence-corrected chi connectivity index (χ3v) is 3.77. The first-order valence-electron chi connectivity index (χ1n) is 6.51. The van der Waals surface area contributed by atoms with Crippen molar-refractivity contribution in [1.29, 1.82) is 0 Å². The van der Waals surface area contributed by atoms with E-state index in [1.807, 2.05) is 25.7 Å². The molecule has 1 saturated carbocycles. The lowest BCUT2D eigenvalue weighted by Gasteiger charge is -2.49. The van der Waals surface area contributed by atoms with Gasteiger partial charge in [-0.15, -0.1) is 0 Å². The summed E-state index contributed by atoms with van der Waals surface area (Å²) in [4.78, 5) is 13.9. The number of ether oxygens (including phenoxy) is 1. The molecule has 0 aromatic heterocycles. The van der Waals surface area contributed by atoms with Crippen molar-refractivity contribution < 1.29 is 14.6 Å². The molecule has 2 saturated heterocycles. The van der Waals surface area contributed by atoms with Gasteiger partial charge < -0.3 is 14.7 Å². The van der Waals surface area contributed by atoms with Gasteiger partial charge in [0.05, 0.1) is 0 Å². The van der Waals surface area contributed by atoms with Crippen molar-refractivity contribution in [2.24, 2.45) is 11.8 Å². The van der Waals surface area contributed by atoms with E-state index in [-0.39, 0.29) is 24.7 Å². The van der Waals surface area contributed by atoms with Crippen molar-refractivity contribution in [3.05, 3.63) is 0 Å². The summed E-state index contributed by atoms with van der Waals surface area (Å²) < 4.78 is 5.43. The summed E-state index contributed by atoms with van der Waals surface area (Å²) in [6.07, 6.45) is 3.03. The number of aliphatic hydroxyl groups is 1. The van der Waals surface area contributed by atoms with Gasteiger partial charge >= 0.3 is 6.09 Å². The predicted octanol–water partition coefficient (Wildman–Crippen LogP) is 2.01. The molecule has 2 heterocycles. The van der Waals surface area contributed by atoms with Crippen LogP contribution in [0.1, 0.15) is 40.0 Å². The Morgan fingerprint density at radius 2 is 2.12 bits per heavy atom. The van der Waals surface area contributed by atoms with E-state index < -0.39 is 5.60 Å². The second-order valence-electron chi connectivity index (χ2n) is 6.32. The van der Waals surface area contributed by atoms with Crippen LogP contribution in [0.4, 0.5) is 4.79 Å². The van der Waals surface area contributed by atoms with E-state index >= 15 is 0 Å². The van der Waals surface area contributed by atoms with Crippen LogP contribution in [0.2, 0.25) is 0 Å². The fourth-order valence-electron chi connectivity index (χ4n) is 3.06. The molecule has 0 radical (unpaired) electrons. The Morgan fingerprint density at radius 1 is 1.41 bits per heavy atom. The van der Waals surface area contributed by atoms with E-state index in [4.69, 9.17) is 4.74 Å². The lowest BCUT2D eigenvalue weighted by atomic mass is 9.73. The maximum atomic E-state index is 12.1. The third kappa shape index (κ3) is 2.73.